The van der Waals surface area contributed by atoms with Gasteiger partial charge < -0.3 is 10.2 Å². The van der Waals surface area contributed by atoms with Gasteiger partial charge in [-0.15, -0.1) is 0 Å². The number of anilines is 1. The van der Waals surface area contributed by atoms with Crippen LogP contribution in [0.25, 0.3) is 0 Å². The van der Waals surface area contributed by atoms with Gasteiger partial charge in [-0.1, -0.05) is 30.7 Å². The topological polar surface area (TPSA) is 45.2 Å². The molecule has 0 saturated carbocycles. The minimum Gasteiger partial charge on any atom is -0.356 e. The van der Waals surface area contributed by atoms with E-state index in [0.717, 1.165) is 35.9 Å². The van der Waals surface area contributed by atoms with Crippen LogP contribution in [-0.2, 0) is 6.42 Å². The van der Waals surface area contributed by atoms with Crippen LogP contribution in [0.15, 0.2) is 42.6 Å². The largest absolute Gasteiger partial charge is 0.356 e. The van der Waals surface area contributed by atoms with Crippen LogP contribution in [0, 0.1) is 5.92 Å². The molecule has 1 fully saturated rings. The summed E-state index contributed by atoms with van der Waals surface area (Å²) < 4.78 is 0. The second kappa shape index (κ2) is 8.34. The van der Waals surface area contributed by atoms with E-state index in [4.69, 9.17) is 11.6 Å². The number of benzene rings is 1. The van der Waals surface area contributed by atoms with Crippen molar-refractivity contribution in [3.8, 4) is 0 Å². The maximum absolute atomic E-state index is 12.2. The number of carbonyl (C=O) groups is 1. The van der Waals surface area contributed by atoms with Crippen LogP contribution >= 0.6 is 11.6 Å². The molecule has 1 aromatic carbocycles. The lowest BCUT2D eigenvalue weighted by molar-refractivity contribution is 0.0954. The van der Waals surface area contributed by atoms with Crippen LogP contribution in [0.2, 0.25) is 5.02 Å². The van der Waals surface area contributed by atoms with E-state index >= 15 is 0 Å². The van der Waals surface area contributed by atoms with Gasteiger partial charge in [0.15, 0.2) is 0 Å². The summed E-state index contributed by atoms with van der Waals surface area (Å²) in [6.07, 6.45) is 4.94. The lowest BCUT2D eigenvalue weighted by atomic mass is 10.0. The highest BCUT2D eigenvalue weighted by Gasteiger charge is 2.17. The molecular weight excluding hydrogens is 334 g/mol. The van der Waals surface area contributed by atoms with Gasteiger partial charge in [-0.2, -0.15) is 0 Å². The predicted molar refractivity (Wildman–Crippen MR) is 102 cm³/mol. The van der Waals surface area contributed by atoms with Crippen molar-refractivity contribution < 1.29 is 4.79 Å². The average Bonchev–Trinajstić information content (AvgIpc) is 2.63. The number of hydrogen-bond donors (Lipinski definition) is 1. The van der Waals surface area contributed by atoms with E-state index in [2.05, 4.69) is 22.1 Å². The van der Waals surface area contributed by atoms with Crippen molar-refractivity contribution in [1.29, 1.82) is 0 Å². The Hall–Kier alpha value is -2.07. The van der Waals surface area contributed by atoms with E-state index in [-0.39, 0.29) is 5.91 Å². The monoisotopic (exact) mass is 357 g/mol. The first kappa shape index (κ1) is 17.7. The maximum Gasteiger partial charge on any atom is 0.252 e. The standard InChI is InChI=1S/C20H24ClN3O/c1-15-3-2-12-24(14-15)19-9-6-17(13-23-19)20(25)22-11-10-16-4-7-18(21)8-5-16/h4-9,13,15H,2-3,10-12,14H2,1H3,(H,22,25). The molecule has 4 nitrogen and oxygen atoms in total. The fraction of sp³-hybridized carbons (Fsp3) is 0.400. The van der Waals surface area contributed by atoms with Gasteiger partial charge >= 0.3 is 0 Å². The molecule has 25 heavy (non-hydrogen) atoms. The summed E-state index contributed by atoms with van der Waals surface area (Å²) in [7, 11) is 0. The van der Waals surface area contributed by atoms with Crippen molar-refractivity contribution in [1.82, 2.24) is 10.3 Å². The summed E-state index contributed by atoms with van der Waals surface area (Å²) in [4.78, 5) is 19.0. The Morgan fingerprint density at radius 3 is 2.76 bits per heavy atom. The van der Waals surface area contributed by atoms with Crippen molar-refractivity contribution in [3.05, 3.63) is 58.7 Å². The third-order valence-electron chi connectivity index (χ3n) is 4.60. The Morgan fingerprint density at radius 2 is 2.08 bits per heavy atom. The summed E-state index contributed by atoms with van der Waals surface area (Å²) >= 11 is 5.87. The van der Waals surface area contributed by atoms with Crippen LogP contribution in [0.1, 0.15) is 35.7 Å². The zero-order valence-electron chi connectivity index (χ0n) is 14.5. The SMILES string of the molecule is CC1CCCN(c2ccc(C(=O)NCCc3ccc(Cl)cc3)cn2)C1. The van der Waals surface area contributed by atoms with Gasteiger partial charge in [0.2, 0.25) is 0 Å². The van der Waals surface area contributed by atoms with Crippen LogP contribution < -0.4 is 10.2 Å². The summed E-state index contributed by atoms with van der Waals surface area (Å²) in [6.45, 7) is 4.95. The predicted octanol–water partition coefficient (Wildman–Crippen LogP) is 3.94. The van der Waals surface area contributed by atoms with Gasteiger partial charge in [0.25, 0.3) is 5.91 Å². The van der Waals surface area contributed by atoms with E-state index in [1.807, 2.05) is 36.4 Å². The molecule has 132 valence electrons. The molecule has 5 heteroatoms. The van der Waals surface area contributed by atoms with Crippen LogP contribution in [0.5, 0.6) is 0 Å². The Morgan fingerprint density at radius 1 is 1.28 bits per heavy atom. The van der Waals surface area contributed by atoms with E-state index in [1.165, 1.54) is 12.8 Å². The third-order valence-corrected chi connectivity index (χ3v) is 4.86. The van der Waals surface area contributed by atoms with Crippen molar-refractivity contribution in [2.75, 3.05) is 24.5 Å². The minimum absolute atomic E-state index is 0.0833. The summed E-state index contributed by atoms with van der Waals surface area (Å²) in [5, 5.41) is 3.67. The molecule has 3 rings (SSSR count). The molecule has 0 bridgehead atoms. The molecule has 2 aromatic rings. The van der Waals surface area contributed by atoms with Crippen LogP contribution in [0.3, 0.4) is 0 Å². The molecule has 2 heterocycles. The summed E-state index contributed by atoms with van der Waals surface area (Å²) in [5.41, 5.74) is 1.75. The molecule has 1 aromatic heterocycles. The molecule has 1 atom stereocenters. The molecule has 0 radical (unpaired) electrons. The van der Waals surface area contributed by atoms with Gasteiger partial charge in [0.05, 0.1) is 5.56 Å². The van der Waals surface area contributed by atoms with E-state index < -0.39 is 0 Å². The van der Waals surface area contributed by atoms with Crippen molar-refractivity contribution >= 4 is 23.3 Å². The van der Waals surface area contributed by atoms with Gasteiger partial charge in [0, 0.05) is 30.9 Å². The smallest absolute Gasteiger partial charge is 0.252 e. The molecule has 1 aliphatic heterocycles. The van der Waals surface area contributed by atoms with E-state index in [9.17, 15) is 4.79 Å². The zero-order chi connectivity index (χ0) is 17.6. The number of nitrogens with zero attached hydrogens (tertiary/aromatic N) is 2. The number of aromatic nitrogens is 1. The maximum atomic E-state index is 12.2. The lowest BCUT2D eigenvalue weighted by Gasteiger charge is -2.31. The van der Waals surface area contributed by atoms with Gasteiger partial charge in [-0.05, 0) is 55.0 Å². The number of pyridine rings is 1. The minimum atomic E-state index is -0.0833. The fourth-order valence-corrected chi connectivity index (χ4v) is 3.30. The number of piperidine rings is 1. The molecule has 1 unspecified atom stereocenters. The Balaban J connectivity index is 1.51. The molecule has 0 spiro atoms. The van der Waals surface area contributed by atoms with Crippen LogP contribution in [-0.4, -0.2) is 30.5 Å². The molecule has 1 N–H and O–H groups in total. The van der Waals surface area contributed by atoms with Crippen LogP contribution in [0.4, 0.5) is 5.82 Å². The lowest BCUT2D eigenvalue weighted by Crippen LogP contribution is -2.34. The van der Waals surface area contributed by atoms with Gasteiger partial charge in [0.1, 0.15) is 5.82 Å². The van der Waals surface area contributed by atoms with E-state index in [1.54, 1.807) is 6.20 Å². The number of nitrogens with one attached hydrogen (secondary N) is 1. The van der Waals surface area contributed by atoms with Crippen molar-refractivity contribution in [2.24, 2.45) is 5.92 Å². The molecule has 0 aliphatic carbocycles. The molecule has 1 saturated heterocycles. The number of amides is 1. The molecule has 1 amide bonds. The third kappa shape index (κ3) is 4.95. The highest BCUT2D eigenvalue weighted by molar-refractivity contribution is 6.30. The first-order valence-corrected chi connectivity index (χ1v) is 9.23. The first-order valence-electron chi connectivity index (χ1n) is 8.85. The first-order chi connectivity index (χ1) is 12.1. The molecule has 1 aliphatic rings. The van der Waals surface area contributed by atoms with Crippen molar-refractivity contribution in [2.45, 2.75) is 26.2 Å². The number of hydrogen-bond acceptors (Lipinski definition) is 3. The number of rotatable bonds is 5. The molecular formula is C20H24ClN3O. The quantitative estimate of drug-likeness (QED) is 0.881. The number of halogens is 1. The van der Waals surface area contributed by atoms with E-state index in [0.29, 0.717) is 18.0 Å². The Bertz CT molecular complexity index is 700. The summed E-state index contributed by atoms with van der Waals surface area (Å²) in [6, 6.07) is 11.5. The second-order valence-electron chi connectivity index (χ2n) is 6.73. The van der Waals surface area contributed by atoms with Gasteiger partial charge in [-0.3, -0.25) is 4.79 Å². The Kier molecular flexibility index (Phi) is 5.92. The number of carbonyl (C=O) groups excluding carboxylic acids is 1. The highest BCUT2D eigenvalue weighted by Crippen LogP contribution is 2.21. The fourth-order valence-electron chi connectivity index (χ4n) is 3.18. The zero-order valence-corrected chi connectivity index (χ0v) is 15.3. The van der Waals surface area contributed by atoms with Crippen molar-refractivity contribution in [3.63, 3.8) is 0 Å². The van der Waals surface area contributed by atoms with Gasteiger partial charge in [-0.25, -0.2) is 4.98 Å². The normalized spacial score (nSPS) is 17.4. The Labute approximate surface area is 154 Å². The second-order valence-corrected chi connectivity index (χ2v) is 7.17. The average molecular weight is 358 g/mol. The summed E-state index contributed by atoms with van der Waals surface area (Å²) in [5.74, 6) is 1.58. The highest BCUT2D eigenvalue weighted by atomic mass is 35.5.